The van der Waals surface area contributed by atoms with Crippen molar-refractivity contribution in [1.29, 1.82) is 0 Å². The third-order valence-electron chi connectivity index (χ3n) is 3.89. The van der Waals surface area contributed by atoms with Crippen LogP contribution in [-0.4, -0.2) is 34.4 Å². The van der Waals surface area contributed by atoms with Gasteiger partial charge in [-0.2, -0.15) is 0 Å². The van der Waals surface area contributed by atoms with E-state index in [-0.39, 0.29) is 17.9 Å². The minimum absolute atomic E-state index is 0.144. The maximum Gasteiger partial charge on any atom is 0.256 e. The molecule has 0 bridgehead atoms. The van der Waals surface area contributed by atoms with Gasteiger partial charge in [0.25, 0.3) is 5.91 Å². The molecule has 11 heteroatoms. The fourth-order valence-corrected chi connectivity index (χ4v) is 3.10. The molecule has 2 rings (SSSR count). The van der Waals surface area contributed by atoms with Gasteiger partial charge in [0.1, 0.15) is 11.7 Å². The van der Waals surface area contributed by atoms with Crippen molar-refractivity contribution in [2.75, 3.05) is 11.4 Å². The van der Waals surface area contributed by atoms with E-state index in [0.717, 1.165) is 0 Å². The average molecular weight is 395 g/mol. The average Bonchev–Trinajstić information content (AvgIpc) is 2.81. The van der Waals surface area contributed by atoms with Crippen LogP contribution in [0.3, 0.4) is 0 Å². The van der Waals surface area contributed by atoms with E-state index in [4.69, 9.17) is 18.0 Å². The SMILES string of the molecule is CC(C)C1C(=O)N(c2c(F)c(F)c(F)c(F)c2F)C(=S)N1CCC(N)=O. The Morgan fingerprint density at radius 2 is 1.54 bits per heavy atom. The van der Waals surface area contributed by atoms with E-state index < -0.39 is 63.7 Å². The third-order valence-corrected chi connectivity index (χ3v) is 4.30. The number of thiocarbonyl (C=S) groups is 1. The van der Waals surface area contributed by atoms with Crippen molar-refractivity contribution in [3.63, 3.8) is 0 Å². The van der Waals surface area contributed by atoms with Crippen LogP contribution in [0.1, 0.15) is 20.3 Å². The van der Waals surface area contributed by atoms with Gasteiger partial charge in [-0.15, -0.1) is 0 Å². The van der Waals surface area contributed by atoms with Gasteiger partial charge < -0.3 is 10.6 Å². The zero-order valence-corrected chi connectivity index (χ0v) is 14.5. The van der Waals surface area contributed by atoms with E-state index in [2.05, 4.69) is 0 Å². The summed E-state index contributed by atoms with van der Waals surface area (Å²) in [5.41, 5.74) is 3.61. The molecule has 5 nitrogen and oxygen atoms in total. The molecule has 0 radical (unpaired) electrons. The van der Waals surface area contributed by atoms with Gasteiger partial charge in [-0.1, -0.05) is 13.8 Å². The highest BCUT2D eigenvalue weighted by molar-refractivity contribution is 7.80. The fraction of sp³-hybridized carbons (Fsp3) is 0.400. The number of primary amides is 1. The zero-order chi connectivity index (χ0) is 19.9. The molecule has 2 N–H and O–H groups in total. The van der Waals surface area contributed by atoms with Crippen LogP contribution in [0.5, 0.6) is 0 Å². The van der Waals surface area contributed by atoms with E-state index >= 15 is 0 Å². The second-order valence-electron chi connectivity index (χ2n) is 5.97. The standard InChI is InChI=1S/C15H14F5N3O2S/c1-5(2)12-14(25)23(15(26)22(12)4-3-6(21)24)13-10(19)8(17)7(16)9(18)11(13)20/h5,12H,3-4H2,1-2H3,(H2,21,24). The monoisotopic (exact) mass is 395 g/mol. The van der Waals surface area contributed by atoms with Crippen LogP contribution in [0.4, 0.5) is 27.6 Å². The summed E-state index contributed by atoms with van der Waals surface area (Å²) in [7, 11) is 0. The summed E-state index contributed by atoms with van der Waals surface area (Å²) in [6.07, 6.45) is -0.221. The fourth-order valence-electron chi connectivity index (χ4n) is 2.71. The number of nitrogens with zero attached hydrogens (tertiary/aromatic N) is 2. The molecule has 1 atom stereocenters. The molecule has 1 heterocycles. The van der Waals surface area contributed by atoms with Crippen molar-refractivity contribution in [3.8, 4) is 0 Å². The van der Waals surface area contributed by atoms with Crippen LogP contribution in [-0.2, 0) is 9.59 Å². The van der Waals surface area contributed by atoms with Crippen molar-refractivity contribution < 1.29 is 31.5 Å². The molecule has 0 saturated carbocycles. The van der Waals surface area contributed by atoms with Crippen LogP contribution in [0, 0.1) is 35.0 Å². The first kappa shape index (κ1) is 20.0. The molecule has 2 amide bonds. The summed E-state index contributed by atoms with van der Waals surface area (Å²) in [4.78, 5) is 25.1. The van der Waals surface area contributed by atoms with Crippen molar-refractivity contribution in [2.45, 2.75) is 26.3 Å². The highest BCUT2D eigenvalue weighted by Gasteiger charge is 2.47. The molecule has 1 aliphatic heterocycles. The maximum atomic E-state index is 14.1. The number of carbonyl (C=O) groups excluding carboxylic acids is 2. The third kappa shape index (κ3) is 3.11. The number of hydrogen-bond donors (Lipinski definition) is 1. The number of halogens is 5. The minimum Gasteiger partial charge on any atom is -0.370 e. The lowest BCUT2D eigenvalue weighted by Gasteiger charge is -2.25. The molecule has 0 aromatic heterocycles. The number of hydrogen-bond acceptors (Lipinski definition) is 3. The predicted octanol–water partition coefficient (Wildman–Crippen LogP) is 2.22. The van der Waals surface area contributed by atoms with Crippen LogP contribution in [0.2, 0.25) is 0 Å². The van der Waals surface area contributed by atoms with Gasteiger partial charge in [0, 0.05) is 13.0 Å². The molecular weight excluding hydrogens is 381 g/mol. The highest BCUT2D eigenvalue weighted by Crippen LogP contribution is 2.35. The van der Waals surface area contributed by atoms with Crippen molar-refractivity contribution in [1.82, 2.24) is 4.90 Å². The molecule has 142 valence electrons. The normalized spacial score (nSPS) is 17.6. The lowest BCUT2D eigenvalue weighted by Crippen LogP contribution is -2.40. The molecule has 1 aliphatic rings. The van der Waals surface area contributed by atoms with Gasteiger partial charge in [-0.05, 0) is 18.1 Å². The van der Waals surface area contributed by atoms with Crippen molar-refractivity contribution in [3.05, 3.63) is 29.1 Å². The second kappa shape index (κ2) is 7.14. The first-order valence-corrected chi connectivity index (χ1v) is 7.85. The van der Waals surface area contributed by atoms with E-state index in [0.29, 0.717) is 0 Å². The minimum atomic E-state index is -2.34. The Balaban J connectivity index is 2.59. The summed E-state index contributed by atoms with van der Waals surface area (Å²) >= 11 is 5.01. The van der Waals surface area contributed by atoms with E-state index in [9.17, 15) is 31.5 Å². The van der Waals surface area contributed by atoms with E-state index in [1.807, 2.05) is 0 Å². The van der Waals surface area contributed by atoms with Crippen LogP contribution in [0.15, 0.2) is 0 Å². The van der Waals surface area contributed by atoms with Gasteiger partial charge >= 0.3 is 0 Å². The maximum absolute atomic E-state index is 14.1. The van der Waals surface area contributed by atoms with Crippen LogP contribution < -0.4 is 10.6 Å². The first-order chi connectivity index (χ1) is 12.0. The van der Waals surface area contributed by atoms with Gasteiger partial charge in [0.15, 0.2) is 28.4 Å². The van der Waals surface area contributed by atoms with Crippen molar-refractivity contribution in [2.24, 2.45) is 11.7 Å². The molecule has 26 heavy (non-hydrogen) atoms. The summed E-state index contributed by atoms with van der Waals surface area (Å²) in [5.74, 6) is -13.2. The molecule has 0 spiro atoms. The lowest BCUT2D eigenvalue weighted by molar-refractivity contribution is -0.122. The summed E-state index contributed by atoms with van der Waals surface area (Å²) in [5, 5.41) is -0.474. The van der Waals surface area contributed by atoms with Crippen LogP contribution in [0.25, 0.3) is 0 Å². The number of anilines is 1. The number of amides is 2. The Bertz CT molecular complexity index is 773. The van der Waals surface area contributed by atoms with Gasteiger partial charge in [-0.3, -0.25) is 9.59 Å². The largest absolute Gasteiger partial charge is 0.370 e. The number of benzene rings is 1. The summed E-state index contributed by atoms with van der Waals surface area (Å²) < 4.78 is 68.5. The lowest BCUT2D eigenvalue weighted by atomic mass is 10.0. The van der Waals surface area contributed by atoms with E-state index in [1.165, 1.54) is 4.90 Å². The van der Waals surface area contributed by atoms with Crippen molar-refractivity contribution >= 4 is 34.8 Å². The van der Waals surface area contributed by atoms with E-state index in [1.54, 1.807) is 13.8 Å². The number of carbonyl (C=O) groups is 2. The van der Waals surface area contributed by atoms with Gasteiger partial charge in [0.2, 0.25) is 11.7 Å². The predicted molar refractivity (Wildman–Crippen MR) is 85.5 cm³/mol. The summed E-state index contributed by atoms with van der Waals surface area (Å²) in [6, 6.07) is -1.04. The topological polar surface area (TPSA) is 66.6 Å². The Kier molecular flexibility index (Phi) is 5.49. The Labute approximate surface area is 150 Å². The molecule has 1 fully saturated rings. The Morgan fingerprint density at radius 1 is 1.08 bits per heavy atom. The van der Waals surface area contributed by atoms with Crippen LogP contribution >= 0.6 is 12.2 Å². The Hall–Kier alpha value is -2.30. The first-order valence-electron chi connectivity index (χ1n) is 7.45. The molecule has 1 aromatic rings. The quantitative estimate of drug-likeness (QED) is 0.359. The molecular formula is C15H14F5N3O2S. The van der Waals surface area contributed by atoms with Gasteiger partial charge in [0.05, 0.1) is 0 Å². The second-order valence-corrected chi connectivity index (χ2v) is 6.34. The number of rotatable bonds is 5. The molecule has 1 unspecified atom stereocenters. The zero-order valence-electron chi connectivity index (χ0n) is 13.7. The molecule has 1 aromatic carbocycles. The molecule has 1 saturated heterocycles. The highest BCUT2D eigenvalue weighted by atomic mass is 32.1. The smallest absolute Gasteiger partial charge is 0.256 e. The molecule has 0 aliphatic carbocycles. The summed E-state index contributed by atoms with van der Waals surface area (Å²) in [6.45, 7) is 3.06. The van der Waals surface area contributed by atoms with Gasteiger partial charge in [-0.25, -0.2) is 26.9 Å². The number of nitrogens with two attached hydrogens (primary N) is 1. The Morgan fingerprint density at radius 3 is 1.96 bits per heavy atom.